The molecule has 1 aliphatic rings. The molecule has 1 aromatic heterocycles. The van der Waals surface area contributed by atoms with Crippen LogP contribution in [0.5, 0.6) is 0 Å². The Morgan fingerprint density at radius 2 is 1.82 bits per heavy atom. The summed E-state index contributed by atoms with van der Waals surface area (Å²) in [4.78, 5) is 13.2. The molecule has 0 unspecified atom stereocenters. The maximum atomic E-state index is 13.0. The predicted octanol–water partition coefficient (Wildman–Crippen LogP) is 0.676. The van der Waals surface area contributed by atoms with E-state index in [4.69, 9.17) is 5.11 Å². The zero-order chi connectivity index (χ0) is 16.3. The van der Waals surface area contributed by atoms with Crippen LogP contribution in [0.4, 0.5) is 24.9 Å². The van der Waals surface area contributed by atoms with Crippen LogP contribution in [0.3, 0.4) is 0 Å². The van der Waals surface area contributed by atoms with Crippen molar-refractivity contribution < 1.29 is 18.3 Å². The molecular weight excluding hydrogens is 299 g/mol. The van der Waals surface area contributed by atoms with E-state index >= 15 is 0 Å². The lowest BCUT2D eigenvalue weighted by Gasteiger charge is -2.34. The Kier molecular flexibility index (Phi) is 5.07. The Labute approximate surface area is 127 Å². The van der Waals surface area contributed by atoms with Crippen LogP contribution in [0, 0.1) is 0 Å². The van der Waals surface area contributed by atoms with E-state index in [-0.39, 0.29) is 18.4 Å². The van der Waals surface area contributed by atoms with Gasteiger partial charge in [-0.1, -0.05) is 0 Å². The lowest BCUT2D eigenvalue weighted by molar-refractivity contribution is -0.141. The van der Waals surface area contributed by atoms with Gasteiger partial charge in [0, 0.05) is 52.9 Å². The second-order valence-electron chi connectivity index (χ2n) is 5.36. The minimum Gasteiger partial charge on any atom is -0.395 e. The Morgan fingerprint density at radius 1 is 1.18 bits per heavy atom. The van der Waals surface area contributed by atoms with E-state index in [1.807, 2.05) is 0 Å². The fourth-order valence-corrected chi connectivity index (χ4v) is 2.25. The van der Waals surface area contributed by atoms with Crippen LogP contribution in [0.2, 0.25) is 0 Å². The SMILES string of the molecule is CN(C)c1cc(C(F)(F)F)nc(N2CCN(CCO)CC2)n1. The van der Waals surface area contributed by atoms with Gasteiger partial charge in [-0.25, -0.2) is 4.98 Å². The summed E-state index contributed by atoms with van der Waals surface area (Å²) in [5.74, 6) is 0.331. The lowest BCUT2D eigenvalue weighted by Crippen LogP contribution is -2.48. The number of anilines is 2. The normalized spacial score (nSPS) is 16.9. The van der Waals surface area contributed by atoms with Crippen LogP contribution in [-0.4, -0.2) is 73.4 Å². The van der Waals surface area contributed by atoms with Crippen LogP contribution in [0.1, 0.15) is 5.69 Å². The number of piperazine rings is 1. The Balaban J connectivity index is 2.22. The lowest BCUT2D eigenvalue weighted by atomic mass is 10.3. The first-order valence-electron chi connectivity index (χ1n) is 7.03. The highest BCUT2D eigenvalue weighted by Gasteiger charge is 2.34. The maximum absolute atomic E-state index is 13.0. The highest BCUT2D eigenvalue weighted by Crippen LogP contribution is 2.31. The number of hydrogen-bond acceptors (Lipinski definition) is 6. The third-order valence-corrected chi connectivity index (χ3v) is 3.52. The standard InChI is InChI=1S/C13H20F3N5O/c1-19(2)11-9-10(13(14,15)16)17-12(18-11)21-5-3-20(4-6-21)7-8-22/h9,22H,3-8H2,1-2H3. The minimum absolute atomic E-state index is 0.0742. The Morgan fingerprint density at radius 3 is 2.32 bits per heavy atom. The topological polar surface area (TPSA) is 55.7 Å². The molecule has 1 aliphatic heterocycles. The maximum Gasteiger partial charge on any atom is 0.433 e. The van der Waals surface area contributed by atoms with Gasteiger partial charge in [0.05, 0.1) is 6.61 Å². The third kappa shape index (κ3) is 3.98. The first-order valence-corrected chi connectivity index (χ1v) is 7.03. The molecule has 2 rings (SSSR count). The van der Waals surface area contributed by atoms with Crippen molar-refractivity contribution in [2.45, 2.75) is 6.18 Å². The molecule has 0 radical (unpaired) electrons. The minimum atomic E-state index is -4.50. The molecule has 1 N–H and O–H groups in total. The molecule has 1 aromatic rings. The van der Waals surface area contributed by atoms with Gasteiger partial charge in [0.25, 0.3) is 0 Å². The molecule has 0 aromatic carbocycles. The second-order valence-corrected chi connectivity index (χ2v) is 5.36. The summed E-state index contributed by atoms with van der Waals surface area (Å²) in [6, 6.07) is 0.950. The summed E-state index contributed by atoms with van der Waals surface area (Å²) in [5, 5.41) is 8.91. The van der Waals surface area contributed by atoms with Gasteiger partial charge in [-0.15, -0.1) is 0 Å². The van der Waals surface area contributed by atoms with Crippen molar-refractivity contribution in [3.05, 3.63) is 11.8 Å². The highest BCUT2D eigenvalue weighted by molar-refractivity contribution is 5.45. The molecular formula is C13H20F3N5O. The molecule has 0 aliphatic carbocycles. The van der Waals surface area contributed by atoms with Gasteiger partial charge in [-0.2, -0.15) is 18.2 Å². The average molecular weight is 319 g/mol. The molecule has 0 atom stereocenters. The number of alkyl halides is 3. The first kappa shape index (κ1) is 16.8. The summed E-state index contributed by atoms with van der Waals surface area (Å²) >= 11 is 0. The van der Waals surface area contributed by atoms with Crippen molar-refractivity contribution in [2.24, 2.45) is 0 Å². The Bertz CT molecular complexity index is 501. The van der Waals surface area contributed by atoms with E-state index in [0.29, 0.717) is 32.7 Å². The van der Waals surface area contributed by atoms with Gasteiger partial charge >= 0.3 is 6.18 Å². The van der Waals surface area contributed by atoms with E-state index in [2.05, 4.69) is 14.9 Å². The van der Waals surface area contributed by atoms with Crippen molar-refractivity contribution in [2.75, 3.05) is 63.2 Å². The van der Waals surface area contributed by atoms with Crippen LogP contribution in [0.15, 0.2) is 6.07 Å². The van der Waals surface area contributed by atoms with E-state index in [0.717, 1.165) is 6.07 Å². The van der Waals surface area contributed by atoms with E-state index in [9.17, 15) is 13.2 Å². The van der Waals surface area contributed by atoms with Crippen molar-refractivity contribution in [3.63, 3.8) is 0 Å². The smallest absolute Gasteiger partial charge is 0.395 e. The van der Waals surface area contributed by atoms with Crippen LogP contribution in [0.25, 0.3) is 0 Å². The number of aromatic nitrogens is 2. The number of nitrogens with zero attached hydrogens (tertiary/aromatic N) is 5. The summed E-state index contributed by atoms with van der Waals surface area (Å²) < 4.78 is 38.9. The average Bonchev–Trinajstić information content (AvgIpc) is 2.47. The quantitative estimate of drug-likeness (QED) is 0.881. The second kappa shape index (κ2) is 6.66. The molecule has 0 saturated carbocycles. The first-order chi connectivity index (χ1) is 10.3. The predicted molar refractivity (Wildman–Crippen MR) is 77.1 cm³/mol. The van der Waals surface area contributed by atoms with E-state index in [1.54, 1.807) is 19.0 Å². The number of hydrogen-bond donors (Lipinski definition) is 1. The summed E-state index contributed by atoms with van der Waals surface area (Å²) in [6.07, 6.45) is -4.50. The fraction of sp³-hybridized carbons (Fsp3) is 0.692. The third-order valence-electron chi connectivity index (χ3n) is 3.52. The van der Waals surface area contributed by atoms with E-state index in [1.165, 1.54) is 4.90 Å². The highest BCUT2D eigenvalue weighted by atomic mass is 19.4. The largest absolute Gasteiger partial charge is 0.433 e. The molecule has 22 heavy (non-hydrogen) atoms. The van der Waals surface area contributed by atoms with Crippen LogP contribution >= 0.6 is 0 Å². The van der Waals surface area contributed by atoms with Crippen molar-refractivity contribution in [3.8, 4) is 0 Å². The summed E-state index contributed by atoms with van der Waals surface area (Å²) in [7, 11) is 3.29. The van der Waals surface area contributed by atoms with Gasteiger partial charge in [-0.3, -0.25) is 4.90 Å². The van der Waals surface area contributed by atoms with Gasteiger partial charge in [0.2, 0.25) is 5.95 Å². The molecule has 1 saturated heterocycles. The molecule has 0 amide bonds. The molecule has 1 fully saturated rings. The zero-order valence-corrected chi connectivity index (χ0v) is 12.6. The van der Waals surface area contributed by atoms with Gasteiger partial charge < -0.3 is 14.9 Å². The van der Waals surface area contributed by atoms with E-state index < -0.39 is 11.9 Å². The molecule has 0 bridgehead atoms. The molecule has 2 heterocycles. The van der Waals surface area contributed by atoms with Gasteiger partial charge in [0.1, 0.15) is 5.82 Å². The zero-order valence-electron chi connectivity index (χ0n) is 12.6. The summed E-state index contributed by atoms with van der Waals surface area (Å²) in [6.45, 7) is 3.04. The monoisotopic (exact) mass is 319 g/mol. The number of halogens is 3. The van der Waals surface area contributed by atoms with Crippen LogP contribution in [-0.2, 0) is 6.18 Å². The van der Waals surface area contributed by atoms with Gasteiger partial charge in [0.15, 0.2) is 5.69 Å². The Hall–Kier alpha value is -1.61. The fourth-order valence-electron chi connectivity index (χ4n) is 2.25. The van der Waals surface area contributed by atoms with Crippen molar-refractivity contribution in [1.29, 1.82) is 0 Å². The molecule has 124 valence electrons. The number of rotatable bonds is 4. The number of aliphatic hydroxyl groups is 1. The number of β-amino-alcohol motifs (C(OH)–C–C–N with tert-alkyl or cyclic N) is 1. The molecule has 0 spiro atoms. The van der Waals surface area contributed by atoms with Crippen molar-refractivity contribution in [1.82, 2.24) is 14.9 Å². The number of aliphatic hydroxyl groups excluding tert-OH is 1. The molecule has 9 heteroatoms. The van der Waals surface area contributed by atoms with Gasteiger partial charge in [-0.05, 0) is 0 Å². The molecule has 6 nitrogen and oxygen atoms in total. The van der Waals surface area contributed by atoms with Crippen molar-refractivity contribution >= 4 is 11.8 Å². The summed E-state index contributed by atoms with van der Waals surface area (Å²) in [5.41, 5.74) is -0.931. The van der Waals surface area contributed by atoms with Crippen LogP contribution < -0.4 is 9.80 Å².